The maximum absolute atomic E-state index is 12.0. The second-order valence-electron chi connectivity index (χ2n) is 7.62. The predicted octanol–water partition coefficient (Wildman–Crippen LogP) is 2.84. The monoisotopic (exact) mass is 477 g/mol. The number of nitrogens with zero attached hydrogens (tertiary/aromatic N) is 3. The molecule has 2 aromatic heterocycles. The number of hydrogen-bond donors (Lipinski definition) is 3. The molecule has 0 saturated heterocycles. The number of nitrogens with one attached hydrogen (secondary N) is 2. The van der Waals surface area contributed by atoms with Gasteiger partial charge in [0.1, 0.15) is 5.65 Å². The zero-order chi connectivity index (χ0) is 24.8. The maximum atomic E-state index is 12.0. The summed E-state index contributed by atoms with van der Waals surface area (Å²) in [6.07, 6.45) is 3.87. The van der Waals surface area contributed by atoms with Crippen LogP contribution in [0.15, 0.2) is 54.9 Å². The molecule has 2 heterocycles. The molecule has 0 aliphatic rings. The van der Waals surface area contributed by atoms with Gasteiger partial charge in [0.25, 0.3) is 0 Å². The van der Waals surface area contributed by atoms with Crippen LogP contribution in [0.5, 0.6) is 17.2 Å². The Kier molecular flexibility index (Phi) is 7.32. The summed E-state index contributed by atoms with van der Waals surface area (Å²) in [6, 6.07) is 13.2. The van der Waals surface area contributed by atoms with Crippen LogP contribution >= 0.6 is 0 Å². The van der Waals surface area contributed by atoms with E-state index in [2.05, 4.69) is 15.6 Å². The quantitative estimate of drug-likeness (QED) is 0.319. The minimum Gasteiger partial charge on any atom is -0.493 e. The molecule has 4 rings (SSSR count). The van der Waals surface area contributed by atoms with E-state index >= 15 is 0 Å². The van der Waals surface area contributed by atoms with Crippen LogP contribution in [-0.4, -0.2) is 60.0 Å². The molecule has 182 valence electrons. The molecule has 10 heteroatoms. The summed E-state index contributed by atoms with van der Waals surface area (Å²) >= 11 is 0. The molecular weight excluding hydrogens is 450 g/mol. The van der Waals surface area contributed by atoms with Crippen molar-refractivity contribution in [2.75, 3.05) is 39.8 Å². The van der Waals surface area contributed by atoms with Crippen molar-refractivity contribution in [3.63, 3.8) is 0 Å². The third-order valence-corrected chi connectivity index (χ3v) is 5.34. The Bertz CT molecular complexity index is 1310. The Labute approximate surface area is 202 Å². The van der Waals surface area contributed by atoms with Gasteiger partial charge in [0.15, 0.2) is 11.5 Å². The summed E-state index contributed by atoms with van der Waals surface area (Å²) in [4.78, 5) is 21.2. The summed E-state index contributed by atoms with van der Waals surface area (Å²) in [7, 11) is 4.66. The largest absolute Gasteiger partial charge is 0.493 e. The number of ether oxygens (including phenoxy) is 3. The highest BCUT2D eigenvalue weighted by Gasteiger charge is 2.15. The zero-order valence-corrected chi connectivity index (χ0v) is 19.7. The second-order valence-corrected chi connectivity index (χ2v) is 7.62. The Morgan fingerprint density at radius 3 is 2.51 bits per heavy atom. The number of carbonyl (C=O) groups is 1. The average Bonchev–Trinajstić information content (AvgIpc) is 3.30. The van der Waals surface area contributed by atoms with Crippen molar-refractivity contribution in [3.8, 4) is 22.9 Å². The van der Waals surface area contributed by atoms with Crippen LogP contribution in [0.2, 0.25) is 0 Å². The molecule has 1 amide bonds. The average molecular weight is 478 g/mol. The van der Waals surface area contributed by atoms with Crippen LogP contribution in [0.1, 0.15) is 5.56 Å². The first-order valence-corrected chi connectivity index (χ1v) is 10.9. The van der Waals surface area contributed by atoms with Gasteiger partial charge in [-0.15, -0.1) is 0 Å². The highest BCUT2D eigenvalue weighted by Crippen LogP contribution is 2.40. The number of aromatic nitrogens is 3. The van der Waals surface area contributed by atoms with Gasteiger partial charge in [0, 0.05) is 47.8 Å². The molecule has 0 radical (unpaired) electrons. The van der Waals surface area contributed by atoms with E-state index in [1.165, 1.54) is 0 Å². The van der Waals surface area contributed by atoms with Gasteiger partial charge in [-0.05, 0) is 23.8 Å². The normalized spacial score (nSPS) is 10.7. The lowest BCUT2D eigenvalue weighted by atomic mass is 10.1. The molecular formula is C25H27N5O5. The Morgan fingerprint density at radius 1 is 1.06 bits per heavy atom. The highest BCUT2D eigenvalue weighted by atomic mass is 16.5. The summed E-state index contributed by atoms with van der Waals surface area (Å²) in [5, 5.41) is 15.6. The van der Waals surface area contributed by atoms with Crippen LogP contribution in [0.4, 0.5) is 11.6 Å². The molecule has 0 saturated carbocycles. The molecule has 4 aromatic rings. The van der Waals surface area contributed by atoms with Gasteiger partial charge >= 0.3 is 0 Å². The van der Waals surface area contributed by atoms with Crippen molar-refractivity contribution in [1.82, 2.24) is 19.9 Å². The fourth-order valence-electron chi connectivity index (χ4n) is 3.73. The molecule has 0 unspecified atom stereocenters. The van der Waals surface area contributed by atoms with Crippen LogP contribution in [-0.2, 0) is 11.2 Å². The fourth-order valence-corrected chi connectivity index (χ4v) is 3.73. The maximum Gasteiger partial charge on any atom is 0.229 e. The van der Waals surface area contributed by atoms with E-state index in [9.17, 15) is 4.79 Å². The van der Waals surface area contributed by atoms with Gasteiger partial charge in [-0.25, -0.2) is 4.98 Å². The van der Waals surface area contributed by atoms with Crippen molar-refractivity contribution in [1.29, 1.82) is 0 Å². The molecule has 3 N–H and O–H groups in total. The smallest absolute Gasteiger partial charge is 0.229 e. The number of hydrogen-bond acceptors (Lipinski definition) is 8. The highest BCUT2D eigenvalue weighted by molar-refractivity contribution is 5.80. The molecule has 2 aromatic carbocycles. The van der Waals surface area contributed by atoms with Crippen molar-refractivity contribution in [3.05, 3.63) is 60.4 Å². The summed E-state index contributed by atoms with van der Waals surface area (Å²) in [5.41, 5.74) is 3.10. The van der Waals surface area contributed by atoms with Crippen LogP contribution in [0, 0.1) is 0 Å². The molecule has 10 nitrogen and oxygen atoms in total. The summed E-state index contributed by atoms with van der Waals surface area (Å²) in [5.74, 6) is 1.77. The van der Waals surface area contributed by atoms with Crippen LogP contribution in [0.3, 0.4) is 0 Å². The first-order chi connectivity index (χ1) is 17.1. The molecule has 0 aliphatic carbocycles. The van der Waals surface area contributed by atoms with Gasteiger partial charge in [-0.3, -0.25) is 4.79 Å². The molecule has 0 fully saturated rings. The SMILES string of the molecule is COc1cc(Nc2ncc3ccn(-c4cccc(CC(=O)NCCO)c4)c3n2)cc(OC)c1OC. The van der Waals surface area contributed by atoms with Gasteiger partial charge in [-0.1, -0.05) is 12.1 Å². The van der Waals surface area contributed by atoms with E-state index in [-0.39, 0.29) is 25.5 Å². The van der Waals surface area contributed by atoms with Crippen molar-refractivity contribution in [2.45, 2.75) is 6.42 Å². The summed E-state index contributed by atoms with van der Waals surface area (Å²) in [6.45, 7) is 0.146. The number of aliphatic hydroxyl groups excluding tert-OH is 1. The van der Waals surface area contributed by atoms with Crippen LogP contribution in [0.25, 0.3) is 16.7 Å². The zero-order valence-electron chi connectivity index (χ0n) is 19.7. The van der Waals surface area contributed by atoms with Crippen LogP contribution < -0.4 is 24.8 Å². The number of amides is 1. The summed E-state index contributed by atoms with van der Waals surface area (Å²) < 4.78 is 18.2. The number of rotatable bonds is 10. The lowest BCUT2D eigenvalue weighted by molar-refractivity contribution is -0.120. The number of benzene rings is 2. The molecule has 0 atom stereocenters. The number of anilines is 2. The van der Waals surface area contributed by atoms with E-state index in [1.54, 1.807) is 39.7 Å². The Hall–Kier alpha value is -4.31. The molecule has 0 aliphatic heterocycles. The van der Waals surface area contributed by atoms with E-state index in [1.807, 2.05) is 41.1 Å². The standard InChI is InChI=1S/C25H27N5O5/c1-33-20-13-18(14-21(34-2)23(20)35-3)28-25-27-15-17-7-9-30(24(17)29-25)19-6-4-5-16(11-19)12-22(32)26-8-10-31/h4-7,9,11,13-15,31H,8,10,12H2,1-3H3,(H,26,32)(H,27,28,29). The number of fused-ring (bicyclic) bond motifs is 1. The number of methoxy groups -OCH3 is 3. The Morgan fingerprint density at radius 2 is 1.83 bits per heavy atom. The lowest BCUT2D eigenvalue weighted by Crippen LogP contribution is -2.27. The van der Waals surface area contributed by atoms with Crippen molar-refractivity contribution in [2.24, 2.45) is 0 Å². The van der Waals surface area contributed by atoms with E-state index < -0.39 is 0 Å². The third kappa shape index (κ3) is 5.28. The minimum atomic E-state index is -0.146. The van der Waals surface area contributed by atoms with Gasteiger partial charge in [0.2, 0.25) is 17.6 Å². The van der Waals surface area contributed by atoms with Crippen molar-refractivity contribution < 1.29 is 24.1 Å². The molecule has 35 heavy (non-hydrogen) atoms. The van der Waals surface area contributed by atoms with E-state index in [0.717, 1.165) is 16.6 Å². The Balaban J connectivity index is 1.63. The topological polar surface area (TPSA) is 120 Å². The molecule has 0 bridgehead atoms. The van der Waals surface area contributed by atoms with E-state index in [0.29, 0.717) is 34.5 Å². The fraction of sp³-hybridized carbons (Fsp3) is 0.240. The predicted molar refractivity (Wildman–Crippen MR) is 132 cm³/mol. The van der Waals surface area contributed by atoms with Gasteiger partial charge < -0.3 is 34.5 Å². The number of carbonyl (C=O) groups excluding carboxylic acids is 1. The van der Waals surface area contributed by atoms with Gasteiger partial charge in [0.05, 0.1) is 34.4 Å². The van der Waals surface area contributed by atoms with Gasteiger partial charge in [-0.2, -0.15) is 4.98 Å². The van der Waals surface area contributed by atoms with Crippen molar-refractivity contribution >= 4 is 28.6 Å². The first kappa shape index (κ1) is 23.8. The second kappa shape index (κ2) is 10.7. The third-order valence-electron chi connectivity index (χ3n) is 5.34. The van der Waals surface area contributed by atoms with E-state index in [4.69, 9.17) is 24.3 Å². The first-order valence-electron chi connectivity index (χ1n) is 10.9. The lowest BCUT2D eigenvalue weighted by Gasteiger charge is -2.14. The number of aliphatic hydroxyl groups is 1. The molecule has 0 spiro atoms. The minimum absolute atomic E-state index is 0.0900.